The molecule has 0 radical (unpaired) electrons. The van der Waals surface area contributed by atoms with Crippen LogP contribution in [0.2, 0.25) is 0 Å². The summed E-state index contributed by atoms with van der Waals surface area (Å²) >= 11 is 0. The van der Waals surface area contributed by atoms with Crippen LogP contribution < -0.4 is 0 Å². The van der Waals surface area contributed by atoms with Gasteiger partial charge in [0.25, 0.3) is 0 Å². The minimum atomic E-state index is 0.0889. The first-order valence-corrected chi connectivity index (χ1v) is 6.88. The molecule has 0 heterocycles. The lowest BCUT2D eigenvalue weighted by molar-refractivity contribution is -0.131. The third-order valence-corrected chi connectivity index (χ3v) is 4.19. The minimum absolute atomic E-state index is 0.0889. The molecular weight excluding hydrogens is 240 g/mol. The summed E-state index contributed by atoms with van der Waals surface area (Å²) < 4.78 is 0. The van der Waals surface area contributed by atoms with Crippen molar-refractivity contribution >= 4 is 5.91 Å². The Morgan fingerprint density at radius 3 is 2.32 bits per heavy atom. The van der Waals surface area contributed by atoms with Crippen LogP contribution in [0.4, 0.5) is 0 Å². The van der Waals surface area contributed by atoms with Gasteiger partial charge in [-0.1, -0.05) is 0 Å². The van der Waals surface area contributed by atoms with Gasteiger partial charge in [0.15, 0.2) is 0 Å². The molecular formula is C14H26N4O. The Kier molecular flexibility index (Phi) is 5.77. The standard InChI is InChI=1S/C14H26N4O/c1-16(2)14(7-5-8-14)12-17(3)11-13(19)18(4)10-6-9-15/h5-8,10-12H2,1-4H3. The highest BCUT2D eigenvalue weighted by Gasteiger charge is 2.39. The average molecular weight is 266 g/mol. The van der Waals surface area contributed by atoms with Gasteiger partial charge in [0.2, 0.25) is 5.91 Å². The first-order chi connectivity index (χ1) is 8.91. The van der Waals surface area contributed by atoms with E-state index in [0.29, 0.717) is 19.5 Å². The molecule has 5 heteroatoms. The molecule has 0 aliphatic heterocycles. The third-order valence-electron chi connectivity index (χ3n) is 4.19. The molecule has 0 aromatic rings. The number of nitriles is 1. The van der Waals surface area contributed by atoms with Crippen molar-refractivity contribution in [3.63, 3.8) is 0 Å². The maximum Gasteiger partial charge on any atom is 0.236 e. The normalized spacial score (nSPS) is 17.1. The highest BCUT2D eigenvalue weighted by Crippen LogP contribution is 2.36. The van der Waals surface area contributed by atoms with Gasteiger partial charge in [-0.2, -0.15) is 5.26 Å². The van der Waals surface area contributed by atoms with Crippen molar-refractivity contribution in [2.45, 2.75) is 31.2 Å². The molecule has 1 aliphatic rings. The van der Waals surface area contributed by atoms with E-state index in [1.807, 2.05) is 7.05 Å². The van der Waals surface area contributed by atoms with Gasteiger partial charge in [-0.15, -0.1) is 0 Å². The van der Waals surface area contributed by atoms with Gasteiger partial charge in [0, 0.05) is 25.7 Å². The molecule has 1 amide bonds. The molecule has 0 saturated heterocycles. The Bertz CT molecular complexity index is 344. The lowest BCUT2D eigenvalue weighted by Gasteiger charge is -2.49. The van der Waals surface area contributed by atoms with Gasteiger partial charge in [-0.25, -0.2) is 0 Å². The van der Waals surface area contributed by atoms with E-state index in [0.717, 1.165) is 6.54 Å². The van der Waals surface area contributed by atoms with Crippen LogP contribution in [-0.4, -0.2) is 74.0 Å². The van der Waals surface area contributed by atoms with Crippen molar-refractivity contribution in [3.05, 3.63) is 0 Å². The van der Waals surface area contributed by atoms with Crippen molar-refractivity contribution in [2.75, 3.05) is 47.8 Å². The zero-order valence-corrected chi connectivity index (χ0v) is 12.6. The molecule has 108 valence electrons. The molecule has 0 atom stereocenters. The van der Waals surface area contributed by atoms with Crippen molar-refractivity contribution < 1.29 is 4.79 Å². The lowest BCUT2D eigenvalue weighted by Crippen LogP contribution is -2.57. The predicted octanol–water partition coefficient (Wildman–Crippen LogP) is 0.775. The smallest absolute Gasteiger partial charge is 0.236 e. The van der Waals surface area contributed by atoms with E-state index in [2.05, 4.69) is 30.0 Å². The molecule has 0 aromatic carbocycles. The van der Waals surface area contributed by atoms with Crippen molar-refractivity contribution in [3.8, 4) is 6.07 Å². The summed E-state index contributed by atoms with van der Waals surface area (Å²) in [5.41, 5.74) is 0.250. The number of amides is 1. The SMILES string of the molecule is CN(CC(=O)N(C)CCC#N)CC1(N(C)C)CCC1. The number of rotatable bonds is 7. The zero-order valence-electron chi connectivity index (χ0n) is 12.6. The Hall–Kier alpha value is -1.12. The fourth-order valence-electron chi connectivity index (χ4n) is 2.58. The van der Waals surface area contributed by atoms with E-state index in [1.165, 1.54) is 19.3 Å². The maximum atomic E-state index is 12.0. The number of carbonyl (C=O) groups is 1. The lowest BCUT2D eigenvalue weighted by atomic mass is 9.75. The van der Waals surface area contributed by atoms with E-state index < -0.39 is 0 Å². The number of carbonyl (C=O) groups excluding carboxylic acids is 1. The molecule has 0 spiro atoms. The number of nitrogens with zero attached hydrogens (tertiary/aromatic N) is 4. The highest BCUT2D eigenvalue weighted by molar-refractivity contribution is 5.77. The number of hydrogen-bond donors (Lipinski definition) is 0. The molecule has 1 fully saturated rings. The van der Waals surface area contributed by atoms with Crippen LogP contribution in [0.1, 0.15) is 25.7 Å². The summed E-state index contributed by atoms with van der Waals surface area (Å²) in [4.78, 5) is 18.0. The minimum Gasteiger partial charge on any atom is -0.344 e. The second kappa shape index (κ2) is 6.88. The van der Waals surface area contributed by atoms with Crippen LogP contribution in [0.15, 0.2) is 0 Å². The van der Waals surface area contributed by atoms with Gasteiger partial charge in [0.1, 0.15) is 0 Å². The molecule has 1 rings (SSSR count). The summed E-state index contributed by atoms with van der Waals surface area (Å²) in [6.07, 6.45) is 4.10. The molecule has 0 aromatic heterocycles. The summed E-state index contributed by atoms with van der Waals surface area (Å²) in [6, 6.07) is 2.06. The number of hydrogen-bond acceptors (Lipinski definition) is 4. The molecule has 1 saturated carbocycles. The van der Waals surface area contributed by atoms with Crippen molar-refractivity contribution in [2.24, 2.45) is 0 Å². The number of likely N-dealkylation sites (N-methyl/N-ethyl adjacent to an activating group) is 3. The van der Waals surface area contributed by atoms with Crippen LogP contribution in [-0.2, 0) is 4.79 Å². The Labute approximate surface area is 116 Å². The summed E-state index contributed by atoms with van der Waals surface area (Å²) in [6.45, 7) is 1.87. The van der Waals surface area contributed by atoms with Crippen LogP contribution in [0.25, 0.3) is 0 Å². The molecule has 1 aliphatic carbocycles. The molecule has 19 heavy (non-hydrogen) atoms. The van der Waals surface area contributed by atoms with Gasteiger partial charge < -0.3 is 9.80 Å². The van der Waals surface area contributed by atoms with E-state index in [-0.39, 0.29) is 11.4 Å². The van der Waals surface area contributed by atoms with Gasteiger partial charge >= 0.3 is 0 Å². The first-order valence-electron chi connectivity index (χ1n) is 6.88. The van der Waals surface area contributed by atoms with E-state index in [4.69, 9.17) is 5.26 Å². The van der Waals surface area contributed by atoms with E-state index in [1.54, 1.807) is 11.9 Å². The van der Waals surface area contributed by atoms with Gasteiger partial charge in [-0.3, -0.25) is 9.69 Å². The summed E-state index contributed by atoms with van der Waals surface area (Å²) in [5, 5.41) is 8.53. The van der Waals surface area contributed by atoms with Gasteiger partial charge in [-0.05, 0) is 40.4 Å². The van der Waals surface area contributed by atoms with Crippen LogP contribution in [0.3, 0.4) is 0 Å². The summed E-state index contributed by atoms with van der Waals surface area (Å²) in [7, 11) is 8.00. The fraction of sp³-hybridized carbons (Fsp3) is 0.857. The summed E-state index contributed by atoms with van der Waals surface area (Å²) in [5.74, 6) is 0.0889. The first kappa shape index (κ1) is 15.9. The fourth-order valence-corrected chi connectivity index (χ4v) is 2.58. The Morgan fingerprint density at radius 1 is 1.26 bits per heavy atom. The molecule has 0 N–H and O–H groups in total. The monoisotopic (exact) mass is 266 g/mol. The van der Waals surface area contributed by atoms with E-state index in [9.17, 15) is 4.79 Å². The van der Waals surface area contributed by atoms with Crippen LogP contribution in [0.5, 0.6) is 0 Å². The maximum absolute atomic E-state index is 12.0. The zero-order chi connectivity index (χ0) is 14.5. The van der Waals surface area contributed by atoms with Crippen LogP contribution in [0, 0.1) is 11.3 Å². The average Bonchev–Trinajstić information content (AvgIpc) is 2.30. The molecule has 0 unspecified atom stereocenters. The molecule has 0 bridgehead atoms. The quantitative estimate of drug-likeness (QED) is 0.683. The Morgan fingerprint density at radius 2 is 1.89 bits per heavy atom. The van der Waals surface area contributed by atoms with Crippen molar-refractivity contribution in [1.29, 1.82) is 5.26 Å². The van der Waals surface area contributed by atoms with Gasteiger partial charge in [0.05, 0.1) is 19.0 Å². The van der Waals surface area contributed by atoms with E-state index >= 15 is 0 Å². The topological polar surface area (TPSA) is 50.6 Å². The molecule has 5 nitrogen and oxygen atoms in total. The largest absolute Gasteiger partial charge is 0.344 e. The predicted molar refractivity (Wildman–Crippen MR) is 75.6 cm³/mol. The highest BCUT2D eigenvalue weighted by atomic mass is 16.2. The second-order valence-corrected chi connectivity index (χ2v) is 5.87. The van der Waals surface area contributed by atoms with Crippen molar-refractivity contribution in [1.82, 2.24) is 14.7 Å². The third kappa shape index (κ3) is 4.19. The second-order valence-electron chi connectivity index (χ2n) is 5.87. The Balaban J connectivity index is 2.40. The van der Waals surface area contributed by atoms with Crippen LogP contribution >= 0.6 is 0 Å².